The SMILES string of the molecule is C=C1OC(C=O)C(O)C(C)C1N. The van der Waals surface area contributed by atoms with Gasteiger partial charge in [0.2, 0.25) is 0 Å². The Bertz CT molecular complexity index is 202. The van der Waals surface area contributed by atoms with E-state index < -0.39 is 18.2 Å². The highest BCUT2D eigenvalue weighted by atomic mass is 16.5. The van der Waals surface area contributed by atoms with E-state index in [9.17, 15) is 9.90 Å². The smallest absolute Gasteiger partial charge is 0.179 e. The average molecular weight is 171 g/mol. The molecule has 0 amide bonds. The summed E-state index contributed by atoms with van der Waals surface area (Å²) in [6.45, 7) is 5.32. The highest BCUT2D eigenvalue weighted by Gasteiger charge is 2.37. The van der Waals surface area contributed by atoms with Crippen molar-refractivity contribution in [1.29, 1.82) is 0 Å². The Balaban J connectivity index is 2.76. The van der Waals surface area contributed by atoms with Gasteiger partial charge in [0.05, 0.1) is 6.04 Å². The fourth-order valence-electron chi connectivity index (χ4n) is 1.24. The van der Waals surface area contributed by atoms with Crippen LogP contribution in [-0.4, -0.2) is 29.6 Å². The van der Waals surface area contributed by atoms with E-state index in [4.69, 9.17) is 10.5 Å². The van der Waals surface area contributed by atoms with Gasteiger partial charge in [0.1, 0.15) is 11.9 Å². The summed E-state index contributed by atoms with van der Waals surface area (Å²) in [6.07, 6.45) is -1.08. The van der Waals surface area contributed by atoms with Crippen LogP contribution in [-0.2, 0) is 9.53 Å². The predicted molar refractivity (Wildman–Crippen MR) is 43.2 cm³/mol. The summed E-state index contributed by atoms with van der Waals surface area (Å²) >= 11 is 0. The third-order valence-corrected chi connectivity index (χ3v) is 2.24. The Labute approximate surface area is 71.0 Å². The van der Waals surface area contributed by atoms with Crippen molar-refractivity contribution < 1.29 is 14.6 Å². The van der Waals surface area contributed by atoms with Gasteiger partial charge in [0, 0.05) is 5.92 Å². The zero-order chi connectivity index (χ0) is 9.30. The second-order valence-corrected chi connectivity index (χ2v) is 3.06. The van der Waals surface area contributed by atoms with E-state index in [1.807, 2.05) is 0 Å². The molecule has 4 nitrogen and oxygen atoms in total. The Morgan fingerprint density at radius 1 is 1.75 bits per heavy atom. The van der Waals surface area contributed by atoms with E-state index in [1.54, 1.807) is 6.92 Å². The first kappa shape index (κ1) is 9.22. The van der Waals surface area contributed by atoms with E-state index in [0.717, 1.165) is 0 Å². The van der Waals surface area contributed by atoms with Gasteiger partial charge in [-0.2, -0.15) is 0 Å². The first-order valence-electron chi connectivity index (χ1n) is 3.82. The number of hydrogen-bond donors (Lipinski definition) is 2. The quantitative estimate of drug-likeness (QED) is 0.518. The van der Waals surface area contributed by atoms with Crippen LogP contribution in [0.4, 0.5) is 0 Å². The molecule has 3 N–H and O–H groups in total. The molecule has 0 saturated carbocycles. The van der Waals surface area contributed by atoms with E-state index in [0.29, 0.717) is 12.0 Å². The van der Waals surface area contributed by atoms with Gasteiger partial charge in [-0.25, -0.2) is 0 Å². The van der Waals surface area contributed by atoms with Crippen LogP contribution in [0, 0.1) is 5.92 Å². The Hall–Kier alpha value is -0.870. The Morgan fingerprint density at radius 2 is 2.33 bits per heavy atom. The Kier molecular flexibility index (Phi) is 2.49. The number of carbonyl (C=O) groups excluding carboxylic acids is 1. The third-order valence-electron chi connectivity index (χ3n) is 2.24. The number of nitrogens with two attached hydrogens (primary N) is 1. The van der Waals surface area contributed by atoms with E-state index in [1.165, 1.54) is 0 Å². The standard InChI is InChI=1S/C8H13NO3/c1-4-7(9)5(2)12-6(3-10)8(4)11/h3-4,6-8,11H,2,9H2,1H3. The monoisotopic (exact) mass is 171 g/mol. The maximum Gasteiger partial charge on any atom is 0.179 e. The number of aldehydes is 1. The van der Waals surface area contributed by atoms with Gasteiger partial charge in [-0.15, -0.1) is 0 Å². The van der Waals surface area contributed by atoms with Gasteiger partial charge in [-0.3, -0.25) is 4.79 Å². The van der Waals surface area contributed by atoms with Crippen LogP contribution >= 0.6 is 0 Å². The zero-order valence-electron chi connectivity index (χ0n) is 6.93. The molecule has 0 aromatic rings. The van der Waals surface area contributed by atoms with Gasteiger partial charge < -0.3 is 15.6 Å². The fourth-order valence-corrected chi connectivity index (χ4v) is 1.24. The molecule has 0 aromatic heterocycles. The number of carbonyl (C=O) groups is 1. The van der Waals surface area contributed by atoms with Gasteiger partial charge in [0.25, 0.3) is 0 Å². The maximum atomic E-state index is 10.4. The largest absolute Gasteiger partial charge is 0.484 e. The summed E-state index contributed by atoms with van der Waals surface area (Å²) in [5.74, 6) is 0.173. The van der Waals surface area contributed by atoms with Crippen molar-refractivity contribution in [2.45, 2.75) is 25.2 Å². The van der Waals surface area contributed by atoms with Crippen LogP contribution in [0.3, 0.4) is 0 Å². The molecule has 0 aliphatic carbocycles. The third kappa shape index (κ3) is 1.35. The molecule has 12 heavy (non-hydrogen) atoms. The van der Waals surface area contributed by atoms with Crippen LogP contribution in [0.1, 0.15) is 6.92 Å². The summed E-state index contributed by atoms with van der Waals surface area (Å²) in [6, 6.07) is -0.392. The minimum absolute atomic E-state index is 0.193. The number of aliphatic hydroxyl groups is 1. The average Bonchev–Trinajstić information content (AvgIpc) is 2.08. The predicted octanol–water partition coefficient (Wildman–Crippen LogP) is -0.578. The molecule has 1 aliphatic rings. The normalized spacial score (nSPS) is 42.1. The molecule has 0 spiro atoms. The lowest BCUT2D eigenvalue weighted by Gasteiger charge is -2.36. The van der Waals surface area contributed by atoms with Crippen LogP contribution in [0.15, 0.2) is 12.3 Å². The van der Waals surface area contributed by atoms with Crippen molar-refractivity contribution >= 4 is 6.29 Å². The summed E-state index contributed by atoms with van der Waals surface area (Å²) in [7, 11) is 0. The first-order valence-corrected chi connectivity index (χ1v) is 3.82. The molecule has 1 aliphatic heterocycles. The molecular formula is C8H13NO3. The number of ether oxygens (including phenoxy) is 1. The molecule has 0 bridgehead atoms. The first-order chi connectivity index (χ1) is 5.57. The second kappa shape index (κ2) is 3.25. The van der Waals surface area contributed by atoms with E-state index in [2.05, 4.69) is 6.58 Å². The summed E-state index contributed by atoms with van der Waals surface area (Å²) in [5.41, 5.74) is 5.63. The summed E-state index contributed by atoms with van der Waals surface area (Å²) in [5, 5.41) is 9.45. The second-order valence-electron chi connectivity index (χ2n) is 3.06. The maximum absolute atomic E-state index is 10.4. The van der Waals surface area contributed by atoms with E-state index >= 15 is 0 Å². The van der Waals surface area contributed by atoms with Crippen molar-refractivity contribution in [2.75, 3.05) is 0 Å². The van der Waals surface area contributed by atoms with Crippen molar-refractivity contribution in [3.63, 3.8) is 0 Å². The van der Waals surface area contributed by atoms with E-state index in [-0.39, 0.29) is 5.92 Å². The lowest BCUT2D eigenvalue weighted by molar-refractivity contribution is -0.130. The summed E-state index contributed by atoms with van der Waals surface area (Å²) in [4.78, 5) is 10.4. The molecule has 1 fully saturated rings. The molecule has 68 valence electrons. The fraction of sp³-hybridized carbons (Fsp3) is 0.625. The van der Waals surface area contributed by atoms with Gasteiger partial charge >= 0.3 is 0 Å². The molecule has 0 aromatic carbocycles. The van der Waals surface area contributed by atoms with Crippen molar-refractivity contribution in [2.24, 2.45) is 11.7 Å². The van der Waals surface area contributed by atoms with Crippen LogP contribution < -0.4 is 5.73 Å². The molecule has 0 radical (unpaired) electrons. The number of rotatable bonds is 1. The highest BCUT2D eigenvalue weighted by Crippen LogP contribution is 2.24. The van der Waals surface area contributed by atoms with Crippen LogP contribution in [0.25, 0.3) is 0 Å². The molecule has 1 rings (SSSR count). The minimum atomic E-state index is -0.831. The number of aliphatic hydroxyl groups excluding tert-OH is 1. The molecule has 4 heteroatoms. The molecule has 4 atom stereocenters. The lowest BCUT2D eigenvalue weighted by atomic mass is 9.89. The van der Waals surface area contributed by atoms with Crippen LogP contribution in [0.5, 0.6) is 0 Å². The molecular weight excluding hydrogens is 158 g/mol. The summed E-state index contributed by atoms with van der Waals surface area (Å²) < 4.78 is 4.99. The van der Waals surface area contributed by atoms with Crippen molar-refractivity contribution in [3.05, 3.63) is 12.3 Å². The van der Waals surface area contributed by atoms with Gasteiger partial charge in [-0.1, -0.05) is 13.5 Å². The zero-order valence-corrected chi connectivity index (χ0v) is 6.93. The lowest BCUT2D eigenvalue weighted by Crippen LogP contribution is -2.50. The highest BCUT2D eigenvalue weighted by molar-refractivity contribution is 5.58. The van der Waals surface area contributed by atoms with Gasteiger partial charge in [-0.05, 0) is 0 Å². The molecule has 1 saturated heterocycles. The topological polar surface area (TPSA) is 72.5 Å². The van der Waals surface area contributed by atoms with Crippen molar-refractivity contribution in [3.8, 4) is 0 Å². The van der Waals surface area contributed by atoms with Crippen LogP contribution in [0.2, 0.25) is 0 Å². The molecule has 1 heterocycles. The Morgan fingerprint density at radius 3 is 2.83 bits per heavy atom. The number of hydrogen-bond acceptors (Lipinski definition) is 4. The minimum Gasteiger partial charge on any atom is -0.484 e. The molecule has 4 unspecified atom stereocenters. The van der Waals surface area contributed by atoms with Crippen molar-refractivity contribution in [1.82, 2.24) is 0 Å². The van der Waals surface area contributed by atoms with Gasteiger partial charge in [0.15, 0.2) is 12.4 Å².